The third kappa shape index (κ3) is 4.09. The van der Waals surface area contributed by atoms with Gasteiger partial charge in [0, 0.05) is 19.6 Å². The normalized spacial score (nSPS) is 11.9. The number of amides is 1. The van der Waals surface area contributed by atoms with E-state index in [1.54, 1.807) is 23.3 Å². The summed E-state index contributed by atoms with van der Waals surface area (Å²) in [5.74, 6) is 0.489. The predicted octanol–water partition coefficient (Wildman–Crippen LogP) is 2.62. The van der Waals surface area contributed by atoms with Crippen molar-refractivity contribution < 1.29 is 4.79 Å². The van der Waals surface area contributed by atoms with Crippen molar-refractivity contribution in [2.45, 2.75) is 17.3 Å². The maximum absolute atomic E-state index is 12.0. The molecular formula is C13H18ClN3OS2. The number of nitrogens with zero attached hydrogens (tertiary/aromatic N) is 2. The lowest BCUT2D eigenvalue weighted by molar-refractivity contribution is -0.128. The Bertz CT molecular complexity index is 542. The lowest BCUT2D eigenvalue weighted by Crippen LogP contribution is -2.40. The number of halogens is 1. The van der Waals surface area contributed by atoms with E-state index in [1.165, 1.54) is 11.8 Å². The Morgan fingerprint density at radius 3 is 2.85 bits per heavy atom. The molecule has 1 aromatic carbocycles. The summed E-state index contributed by atoms with van der Waals surface area (Å²) in [4.78, 5) is 18.1. The van der Waals surface area contributed by atoms with E-state index in [4.69, 9.17) is 5.73 Å². The highest BCUT2D eigenvalue weighted by molar-refractivity contribution is 8.01. The van der Waals surface area contributed by atoms with Gasteiger partial charge in [-0.25, -0.2) is 4.98 Å². The smallest absolute Gasteiger partial charge is 0.233 e. The summed E-state index contributed by atoms with van der Waals surface area (Å²) in [6, 6.07) is 8.07. The van der Waals surface area contributed by atoms with E-state index in [0.717, 1.165) is 14.6 Å². The lowest BCUT2D eigenvalue weighted by Gasteiger charge is -2.23. The van der Waals surface area contributed by atoms with E-state index in [2.05, 4.69) is 4.98 Å². The van der Waals surface area contributed by atoms with Crippen molar-refractivity contribution in [2.24, 2.45) is 5.73 Å². The van der Waals surface area contributed by atoms with Crippen molar-refractivity contribution >= 4 is 51.6 Å². The molecule has 0 bridgehead atoms. The minimum Gasteiger partial charge on any atom is -0.341 e. The zero-order valence-electron chi connectivity index (χ0n) is 11.4. The molecule has 4 nitrogen and oxygen atoms in total. The molecule has 0 aliphatic heterocycles. The summed E-state index contributed by atoms with van der Waals surface area (Å²) in [6.45, 7) is 2.42. The first-order valence-electron chi connectivity index (χ1n) is 6.06. The predicted molar refractivity (Wildman–Crippen MR) is 88.9 cm³/mol. The summed E-state index contributed by atoms with van der Waals surface area (Å²) in [5, 5.41) is 0. The van der Waals surface area contributed by atoms with Gasteiger partial charge in [0.05, 0.1) is 16.0 Å². The van der Waals surface area contributed by atoms with Gasteiger partial charge in [-0.15, -0.1) is 23.7 Å². The second-order valence-electron chi connectivity index (χ2n) is 4.33. The Hall–Kier alpha value is -0.820. The van der Waals surface area contributed by atoms with Gasteiger partial charge in [0.1, 0.15) is 0 Å². The first-order chi connectivity index (χ1) is 9.11. The average Bonchev–Trinajstić information content (AvgIpc) is 2.85. The molecule has 0 aliphatic carbocycles. The van der Waals surface area contributed by atoms with Crippen molar-refractivity contribution in [3.8, 4) is 0 Å². The summed E-state index contributed by atoms with van der Waals surface area (Å²) >= 11 is 3.11. The number of hydrogen-bond acceptors (Lipinski definition) is 5. The second-order valence-corrected chi connectivity index (χ2v) is 6.58. The summed E-state index contributed by atoms with van der Waals surface area (Å²) in [7, 11) is 1.79. The van der Waals surface area contributed by atoms with Crippen LogP contribution in [-0.4, -0.2) is 41.2 Å². The van der Waals surface area contributed by atoms with Crippen LogP contribution in [0.5, 0.6) is 0 Å². The number of fused-ring (bicyclic) bond motifs is 1. The Morgan fingerprint density at radius 2 is 2.20 bits per heavy atom. The van der Waals surface area contributed by atoms with Gasteiger partial charge >= 0.3 is 0 Å². The fourth-order valence-electron chi connectivity index (χ4n) is 1.54. The standard InChI is InChI=1S/C13H17N3OS2.ClH/c1-9(7-14)16(2)12(17)8-18-13-15-10-5-3-4-6-11(10)19-13;/h3-6,9H,7-8,14H2,1-2H3;1H. The van der Waals surface area contributed by atoms with Crippen LogP contribution >= 0.6 is 35.5 Å². The minimum atomic E-state index is 0. The highest BCUT2D eigenvalue weighted by Gasteiger charge is 2.15. The molecule has 2 N–H and O–H groups in total. The summed E-state index contributed by atoms with van der Waals surface area (Å²) in [6.07, 6.45) is 0. The maximum Gasteiger partial charge on any atom is 0.233 e. The molecule has 20 heavy (non-hydrogen) atoms. The number of benzene rings is 1. The molecule has 0 saturated carbocycles. The van der Waals surface area contributed by atoms with E-state index < -0.39 is 0 Å². The zero-order valence-corrected chi connectivity index (χ0v) is 13.9. The van der Waals surface area contributed by atoms with Crippen LogP contribution in [0.25, 0.3) is 10.2 Å². The van der Waals surface area contributed by atoms with Crippen molar-refractivity contribution in [1.82, 2.24) is 9.88 Å². The topological polar surface area (TPSA) is 59.2 Å². The Balaban J connectivity index is 0.00000200. The van der Waals surface area contributed by atoms with E-state index in [-0.39, 0.29) is 24.4 Å². The van der Waals surface area contributed by atoms with Gasteiger partial charge in [0.2, 0.25) is 5.91 Å². The molecule has 0 aliphatic rings. The van der Waals surface area contributed by atoms with E-state index in [0.29, 0.717) is 12.3 Å². The SMILES string of the molecule is CC(CN)N(C)C(=O)CSc1nc2ccccc2s1.Cl. The third-order valence-electron chi connectivity index (χ3n) is 2.99. The molecule has 110 valence electrons. The molecule has 0 saturated heterocycles. The fourth-order valence-corrected chi connectivity index (χ4v) is 3.53. The largest absolute Gasteiger partial charge is 0.341 e. The maximum atomic E-state index is 12.0. The van der Waals surface area contributed by atoms with Crippen molar-refractivity contribution in [3.63, 3.8) is 0 Å². The molecule has 0 radical (unpaired) electrons. The van der Waals surface area contributed by atoms with E-state index >= 15 is 0 Å². The van der Waals surface area contributed by atoms with Gasteiger partial charge in [-0.2, -0.15) is 0 Å². The van der Waals surface area contributed by atoms with Gasteiger partial charge in [0.25, 0.3) is 0 Å². The number of hydrogen-bond donors (Lipinski definition) is 1. The third-order valence-corrected chi connectivity index (χ3v) is 5.15. The zero-order chi connectivity index (χ0) is 13.8. The summed E-state index contributed by atoms with van der Waals surface area (Å²) in [5.41, 5.74) is 6.55. The second kappa shape index (κ2) is 7.83. The van der Waals surface area contributed by atoms with Crippen molar-refractivity contribution in [3.05, 3.63) is 24.3 Å². The van der Waals surface area contributed by atoms with Gasteiger partial charge in [0.15, 0.2) is 4.34 Å². The number of rotatable bonds is 5. The number of nitrogens with two attached hydrogens (primary N) is 1. The Labute approximate surface area is 133 Å². The summed E-state index contributed by atoms with van der Waals surface area (Å²) < 4.78 is 2.09. The number of carbonyl (C=O) groups is 1. The molecule has 0 spiro atoms. The van der Waals surface area contributed by atoms with Crippen LogP contribution in [0.1, 0.15) is 6.92 Å². The van der Waals surface area contributed by atoms with Crippen LogP contribution in [0.15, 0.2) is 28.6 Å². The number of likely N-dealkylation sites (N-methyl/N-ethyl adjacent to an activating group) is 1. The molecule has 2 aromatic rings. The van der Waals surface area contributed by atoms with Crippen LogP contribution in [0.4, 0.5) is 0 Å². The molecule has 1 unspecified atom stereocenters. The Morgan fingerprint density at radius 1 is 1.50 bits per heavy atom. The number of aromatic nitrogens is 1. The molecule has 1 atom stereocenters. The van der Waals surface area contributed by atoms with Crippen LogP contribution in [0, 0.1) is 0 Å². The van der Waals surface area contributed by atoms with Gasteiger partial charge in [-0.1, -0.05) is 23.9 Å². The first kappa shape index (κ1) is 17.2. The molecular weight excluding hydrogens is 314 g/mol. The highest BCUT2D eigenvalue weighted by Crippen LogP contribution is 2.29. The van der Waals surface area contributed by atoms with E-state index in [9.17, 15) is 4.79 Å². The monoisotopic (exact) mass is 331 g/mol. The van der Waals surface area contributed by atoms with Gasteiger partial charge in [-0.3, -0.25) is 4.79 Å². The molecule has 2 rings (SSSR count). The number of thiazole rings is 1. The van der Waals surface area contributed by atoms with Gasteiger partial charge in [-0.05, 0) is 19.1 Å². The van der Waals surface area contributed by atoms with Crippen molar-refractivity contribution in [2.75, 3.05) is 19.3 Å². The highest BCUT2D eigenvalue weighted by atomic mass is 35.5. The minimum absolute atomic E-state index is 0. The number of carbonyl (C=O) groups excluding carboxylic acids is 1. The van der Waals surface area contributed by atoms with Crippen LogP contribution in [-0.2, 0) is 4.79 Å². The number of thioether (sulfide) groups is 1. The Kier molecular flexibility index (Phi) is 6.75. The molecule has 1 amide bonds. The van der Waals surface area contributed by atoms with E-state index in [1.807, 2.05) is 31.2 Å². The van der Waals surface area contributed by atoms with Crippen LogP contribution in [0.3, 0.4) is 0 Å². The quantitative estimate of drug-likeness (QED) is 0.856. The van der Waals surface area contributed by atoms with Crippen LogP contribution in [0.2, 0.25) is 0 Å². The van der Waals surface area contributed by atoms with Crippen molar-refractivity contribution in [1.29, 1.82) is 0 Å². The average molecular weight is 332 g/mol. The molecule has 1 heterocycles. The number of para-hydroxylation sites is 1. The molecule has 7 heteroatoms. The first-order valence-corrected chi connectivity index (χ1v) is 7.86. The molecule has 0 fully saturated rings. The molecule has 1 aromatic heterocycles. The van der Waals surface area contributed by atoms with Gasteiger partial charge < -0.3 is 10.6 Å². The lowest BCUT2D eigenvalue weighted by atomic mass is 10.3. The van der Waals surface area contributed by atoms with Crippen LogP contribution < -0.4 is 5.73 Å². The fraction of sp³-hybridized carbons (Fsp3) is 0.385.